The summed E-state index contributed by atoms with van der Waals surface area (Å²) in [6.07, 6.45) is 0.516. The number of benzene rings is 1. The van der Waals surface area contributed by atoms with Crippen molar-refractivity contribution in [1.29, 1.82) is 0 Å². The molecule has 4 heteroatoms. The van der Waals surface area contributed by atoms with Crippen LogP contribution in [0.3, 0.4) is 0 Å². The second-order valence-corrected chi connectivity index (χ2v) is 5.23. The quantitative estimate of drug-likeness (QED) is 0.756. The van der Waals surface area contributed by atoms with Gasteiger partial charge in [0.15, 0.2) is 5.78 Å². The molecule has 0 radical (unpaired) electrons. The normalized spacial score (nSPS) is 18.3. The highest BCUT2D eigenvalue weighted by atomic mass is 32.2. The van der Waals surface area contributed by atoms with Gasteiger partial charge in [-0.3, -0.25) is 4.79 Å². The molecule has 0 heterocycles. The molecule has 0 saturated heterocycles. The first-order valence-electron chi connectivity index (χ1n) is 5.16. The summed E-state index contributed by atoms with van der Waals surface area (Å²) in [7, 11) is 0. The molecule has 84 valence electrons. The van der Waals surface area contributed by atoms with Gasteiger partial charge in [-0.1, -0.05) is 36.0 Å². The van der Waals surface area contributed by atoms with Gasteiger partial charge in [-0.15, -0.1) is 0 Å². The number of ketones is 1. The summed E-state index contributed by atoms with van der Waals surface area (Å²) in [5, 5.41) is -0.171. The lowest BCUT2D eigenvalue weighted by atomic mass is 10.1. The molecule has 0 saturated carbocycles. The van der Waals surface area contributed by atoms with Crippen LogP contribution in [0.15, 0.2) is 24.3 Å². The van der Waals surface area contributed by atoms with Crippen LogP contribution in [0.2, 0.25) is 0 Å². The van der Waals surface area contributed by atoms with Crippen molar-refractivity contribution in [1.82, 2.24) is 0 Å². The average molecular weight is 252 g/mol. The summed E-state index contributed by atoms with van der Waals surface area (Å²) >= 11 is 6.40. The summed E-state index contributed by atoms with van der Waals surface area (Å²) in [5.41, 5.74) is 2.20. The topological polar surface area (TPSA) is 26.3 Å². The predicted molar refractivity (Wildman–Crippen MR) is 69.7 cm³/mol. The van der Waals surface area contributed by atoms with Gasteiger partial charge in [-0.25, -0.2) is 0 Å². The minimum Gasteiger partial charge on any atom is -0.479 e. The van der Waals surface area contributed by atoms with Crippen LogP contribution in [-0.2, 0) is 16.0 Å². The Balaban J connectivity index is 2.16. The van der Waals surface area contributed by atoms with Crippen LogP contribution in [0, 0.1) is 0 Å². The van der Waals surface area contributed by atoms with Gasteiger partial charge in [-0.2, -0.15) is 0 Å². The minimum absolute atomic E-state index is 0.171. The lowest BCUT2D eigenvalue weighted by Crippen LogP contribution is -2.06. The van der Waals surface area contributed by atoms with Crippen molar-refractivity contribution < 1.29 is 9.53 Å². The molecule has 2 rings (SSSR count). The number of hydrogen-bond acceptors (Lipinski definition) is 4. The van der Waals surface area contributed by atoms with E-state index in [1.54, 1.807) is 0 Å². The van der Waals surface area contributed by atoms with Crippen molar-refractivity contribution in [2.75, 3.05) is 6.61 Å². The maximum atomic E-state index is 11.8. The van der Waals surface area contributed by atoms with E-state index in [9.17, 15) is 4.79 Å². The van der Waals surface area contributed by atoms with Crippen LogP contribution in [0.4, 0.5) is 0 Å². The number of rotatable bonds is 2. The van der Waals surface area contributed by atoms with Crippen molar-refractivity contribution in [3.63, 3.8) is 0 Å². The molecule has 0 spiro atoms. The molecule has 1 aromatic carbocycles. The molecule has 1 aliphatic carbocycles. The molecule has 2 nitrogen and oxygen atoms in total. The first-order valence-corrected chi connectivity index (χ1v) is 6.45. The third-order valence-corrected chi connectivity index (χ3v) is 3.94. The van der Waals surface area contributed by atoms with Gasteiger partial charge in [-0.05, 0) is 30.3 Å². The Kier molecular flexibility index (Phi) is 3.61. The number of Topliss-reactive ketones (excluding diaryl/α,β-unsaturated/α-hetero) is 1. The number of thioether (sulfide) groups is 1. The highest BCUT2D eigenvalue weighted by molar-refractivity contribution is 8.23. The first-order chi connectivity index (χ1) is 7.72. The summed E-state index contributed by atoms with van der Waals surface area (Å²) in [6, 6.07) is 7.90. The Morgan fingerprint density at radius 2 is 2.31 bits per heavy atom. The van der Waals surface area contributed by atoms with Crippen molar-refractivity contribution in [3.05, 3.63) is 35.4 Å². The van der Waals surface area contributed by atoms with E-state index in [-0.39, 0.29) is 11.0 Å². The SMILES string of the molecule is CCOC(=S)SC1C(=O)Cc2ccccc21. The standard InChI is InChI=1S/C12H12O2S2/c1-2-14-12(15)16-11-9-6-4-3-5-8(9)7-10(11)13/h3-6,11H,2,7H2,1H3. The molecule has 1 aromatic rings. The molecule has 0 amide bonds. The zero-order valence-electron chi connectivity index (χ0n) is 8.93. The van der Waals surface area contributed by atoms with E-state index in [2.05, 4.69) is 0 Å². The third-order valence-electron chi connectivity index (χ3n) is 2.47. The highest BCUT2D eigenvalue weighted by Gasteiger charge is 2.31. The van der Waals surface area contributed by atoms with Crippen LogP contribution in [0.1, 0.15) is 23.3 Å². The number of fused-ring (bicyclic) bond motifs is 1. The molecular weight excluding hydrogens is 240 g/mol. The van der Waals surface area contributed by atoms with E-state index < -0.39 is 0 Å². The maximum Gasteiger partial charge on any atom is 0.220 e. The van der Waals surface area contributed by atoms with Crippen molar-refractivity contribution in [3.8, 4) is 0 Å². The number of ether oxygens (including phenoxy) is 1. The van der Waals surface area contributed by atoms with Gasteiger partial charge >= 0.3 is 0 Å². The Labute approximate surface area is 104 Å². The Morgan fingerprint density at radius 1 is 1.56 bits per heavy atom. The molecular formula is C12H12O2S2. The smallest absolute Gasteiger partial charge is 0.220 e. The van der Waals surface area contributed by atoms with E-state index >= 15 is 0 Å². The molecule has 0 aliphatic heterocycles. The van der Waals surface area contributed by atoms with Crippen molar-refractivity contribution >= 4 is 34.1 Å². The fourth-order valence-corrected chi connectivity index (χ4v) is 3.14. The molecule has 1 atom stereocenters. The second kappa shape index (κ2) is 4.97. The molecule has 0 bridgehead atoms. The first kappa shape index (κ1) is 11.6. The van der Waals surface area contributed by atoms with Gasteiger partial charge in [0.05, 0.1) is 11.9 Å². The molecule has 1 aliphatic rings. The van der Waals surface area contributed by atoms with Crippen LogP contribution in [0.5, 0.6) is 0 Å². The van der Waals surface area contributed by atoms with Crippen LogP contribution in [0.25, 0.3) is 0 Å². The number of carbonyl (C=O) groups is 1. The van der Waals surface area contributed by atoms with Crippen LogP contribution >= 0.6 is 24.0 Å². The third kappa shape index (κ3) is 2.28. The maximum absolute atomic E-state index is 11.8. The molecule has 1 unspecified atom stereocenters. The lowest BCUT2D eigenvalue weighted by Gasteiger charge is -2.10. The fourth-order valence-electron chi connectivity index (χ4n) is 1.78. The lowest BCUT2D eigenvalue weighted by molar-refractivity contribution is -0.117. The summed E-state index contributed by atoms with van der Waals surface area (Å²) in [6.45, 7) is 2.44. The average Bonchev–Trinajstić information content (AvgIpc) is 2.56. The largest absolute Gasteiger partial charge is 0.479 e. The van der Waals surface area contributed by atoms with Gasteiger partial charge in [0.1, 0.15) is 0 Å². The fraction of sp³-hybridized carbons (Fsp3) is 0.333. The van der Waals surface area contributed by atoms with Gasteiger partial charge in [0.2, 0.25) is 4.38 Å². The summed E-state index contributed by atoms with van der Waals surface area (Å²) in [4.78, 5) is 11.8. The predicted octanol–water partition coefficient (Wildman–Crippen LogP) is 2.91. The van der Waals surface area contributed by atoms with E-state index in [0.29, 0.717) is 17.4 Å². The van der Waals surface area contributed by atoms with Gasteiger partial charge < -0.3 is 4.74 Å². The number of hydrogen-bond donors (Lipinski definition) is 0. The summed E-state index contributed by atoms with van der Waals surface area (Å²) < 4.78 is 5.67. The van der Waals surface area contributed by atoms with E-state index in [4.69, 9.17) is 17.0 Å². The van der Waals surface area contributed by atoms with Crippen LogP contribution < -0.4 is 0 Å². The van der Waals surface area contributed by atoms with Gasteiger partial charge in [0, 0.05) is 6.42 Å². The second-order valence-electron chi connectivity index (χ2n) is 3.52. The van der Waals surface area contributed by atoms with E-state index in [1.807, 2.05) is 31.2 Å². The van der Waals surface area contributed by atoms with Crippen molar-refractivity contribution in [2.45, 2.75) is 18.6 Å². The Morgan fingerprint density at radius 3 is 3.06 bits per heavy atom. The van der Waals surface area contributed by atoms with E-state index in [1.165, 1.54) is 11.8 Å². The van der Waals surface area contributed by atoms with Crippen molar-refractivity contribution in [2.24, 2.45) is 0 Å². The minimum atomic E-state index is -0.171. The molecule has 0 fully saturated rings. The summed E-state index contributed by atoms with van der Waals surface area (Å²) in [5.74, 6) is 0.216. The van der Waals surface area contributed by atoms with Gasteiger partial charge in [0.25, 0.3) is 0 Å². The number of thiocarbonyl (C=S) groups is 1. The Hall–Kier alpha value is -0.870. The zero-order chi connectivity index (χ0) is 11.5. The molecule has 0 aromatic heterocycles. The van der Waals surface area contributed by atoms with E-state index in [0.717, 1.165) is 11.1 Å². The molecule has 16 heavy (non-hydrogen) atoms. The number of carbonyl (C=O) groups excluding carboxylic acids is 1. The zero-order valence-corrected chi connectivity index (χ0v) is 10.6. The molecule has 0 N–H and O–H groups in total. The Bertz CT molecular complexity index is 429. The highest BCUT2D eigenvalue weighted by Crippen LogP contribution is 2.39. The van der Waals surface area contributed by atoms with Crippen LogP contribution in [-0.4, -0.2) is 16.8 Å². The monoisotopic (exact) mass is 252 g/mol.